The second-order valence-electron chi connectivity index (χ2n) is 2.08. The van der Waals surface area contributed by atoms with E-state index in [2.05, 4.69) is 4.74 Å². The highest BCUT2D eigenvalue weighted by molar-refractivity contribution is 4.38. The van der Waals surface area contributed by atoms with E-state index >= 15 is 0 Å². The van der Waals surface area contributed by atoms with E-state index in [-0.39, 0.29) is 0 Å². The largest absolute Gasteiger partial charge is 0.382 e. The van der Waals surface area contributed by atoms with Gasteiger partial charge in [0.15, 0.2) is 6.29 Å². The van der Waals surface area contributed by atoms with Crippen molar-refractivity contribution in [1.29, 1.82) is 0 Å². The minimum Gasteiger partial charge on any atom is -0.382 e. The van der Waals surface area contributed by atoms with E-state index < -0.39 is 6.29 Å². The molecular formula is C7H16O4. The van der Waals surface area contributed by atoms with Crippen molar-refractivity contribution in [3.8, 4) is 0 Å². The van der Waals surface area contributed by atoms with Gasteiger partial charge in [0.05, 0.1) is 19.8 Å². The lowest BCUT2D eigenvalue weighted by Crippen LogP contribution is -2.13. The minimum atomic E-state index is -0.711. The predicted molar refractivity (Wildman–Crippen MR) is 40.3 cm³/mol. The lowest BCUT2D eigenvalue weighted by atomic mass is 10.4. The van der Waals surface area contributed by atoms with Crippen LogP contribution in [0.4, 0.5) is 0 Å². The number of aliphatic hydroxyl groups is 1. The maximum Gasteiger partial charge on any atom is 0.156 e. The molecule has 0 bridgehead atoms. The Morgan fingerprint density at radius 3 is 2.45 bits per heavy atom. The molecule has 0 saturated carbocycles. The summed E-state index contributed by atoms with van der Waals surface area (Å²) in [5.41, 5.74) is 0. The molecule has 0 heterocycles. The first-order valence-corrected chi connectivity index (χ1v) is 3.58. The summed E-state index contributed by atoms with van der Waals surface area (Å²) in [6.45, 7) is 1.65. The molecule has 0 saturated heterocycles. The first-order valence-electron chi connectivity index (χ1n) is 3.58. The molecule has 0 aromatic rings. The van der Waals surface area contributed by atoms with Gasteiger partial charge in [-0.2, -0.15) is 0 Å². The SMILES string of the molecule is COCCOCCC(O)OC. The number of hydrogen-bond donors (Lipinski definition) is 1. The molecule has 0 spiro atoms. The second kappa shape index (κ2) is 7.94. The molecule has 4 nitrogen and oxygen atoms in total. The Hall–Kier alpha value is -0.160. The highest BCUT2D eigenvalue weighted by atomic mass is 16.6. The van der Waals surface area contributed by atoms with Crippen molar-refractivity contribution in [2.75, 3.05) is 34.0 Å². The van der Waals surface area contributed by atoms with Crippen LogP contribution >= 0.6 is 0 Å². The van der Waals surface area contributed by atoms with Crippen molar-refractivity contribution in [2.24, 2.45) is 0 Å². The smallest absolute Gasteiger partial charge is 0.156 e. The molecule has 1 N–H and O–H groups in total. The molecule has 0 amide bonds. The van der Waals surface area contributed by atoms with E-state index in [1.165, 1.54) is 7.11 Å². The number of ether oxygens (including phenoxy) is 3. The molecule has 1 atom stereocenters. The zero-order chi connectivity index (χ0) is 8.53. The monoisotopic (exact) mass is 164 g/mol. The molecule has 0 aliphatic rings. The summed E-state index contributed by atoms with van der Waals surface area (Å²) in [4.78, 5) is 0. The topological polar surface area (TPSA) is 47.9 Å². The van der Waals surface area contributed by atoms with Crippen LogP contribution in [0.3, 0.4) is 0 Å². The lowest BCUT2D eigenvalue weighted by Gasteiger charge is -2.07. The van der Waals surface area contributed by atoms with Gasteiger partial charge in [-0.3, -0.25) is 0 Å². The van der Waals surface area contributed by atoms with Gasteiger partial charge in [-0.1, -0.05) is 0 Å². The summed E-state index contributed by atoms with van der Waals surface area (Å²) < 4.78 is 14.4. The summed E-state index contributed by atoms with van der Waals surface area (Å²) in [7, 11) is 3.08. The summed E-state index contributed by atoms with van der Waals surface area (Å²) >= 11 is 0. The maximum absolute atomic E-state index is 8.88. The molecule has 68 valence electrons. The normalized spacial score (nSPS) is 13.4. The highest BCUT2D eigenvalue weighted by Gasteiger charge is 1.99. The van der Waals surface area contributed by atoms with Gasteiger partial charge in [-0.25, -0.2) is 0 Å². The van der Waals surface area contributed by atoms with Crippen LogP contribution in [0.5, 0.6) is 0 Å². The summed E-state index contributed by atoms with van der Waals surface area (Å²) in [6.07, 6.45) is -0.210. The number of hydrogen-bond acceptors (Lipinski definition) is 4. The van der Waals surface area contributed by atoms with Crippen LogP contribution in [0.1, 0.15) is 6.42 Å². The Kier molecular flexibility index (Phi) is 7.83. The maximum atomic E-state index is 8.88. The Balaban J connectivity index is 2.89. The summed E-state index contributed by atoms with van der Waals surface area (Å²) in [5, 5.41) is 8.88. The fraction of sp³-hybridized carbons (Fsp3) is 1.00. The Morgan fingerprint density at radius 1 is 1.18 bits per heavy atom. The first-order chi connectivity index (χ1) is 5.31. The van der Waals surface area contributed by atoms with Crippen LogP contribution in [-0.2, 0) is 14.2 Å². The predicted octanol–water partition coefficient (Wildman–Crippen LogP) is 0.00430. The van der Waals surface area contributed by atoms with Crippen molar-refractivity contribution >= 4 is 0 Å². The van der Waals surface area contributed by atoms with Gasteiger partial charge >= 0.3 is 0 Å². The Bertz CT molecular complexity index is 76.8. The van der Waals surface area contributed by atoms with Crippen LogP contribution in [0, 0.1) is 0 Å². The van der Waals surface area contributed by atoms with Gasteiger partial charge < -0.3 is 19.3 Å². The van der Waals surface area contributed by atoms with E-state index in [0.717, 1.165) is 0 Å². The average Bonchev–Trinajstić information content (AvgIpc) is 2.04. The molecule has 1 unspecified atom stereocenters. The molecular weight excluding hydrogens is 148 g/mol. The van der Waals surface area contributed by atoms with E-state index in [0.29, 0.717) is 26.2 Å². The fourth-order valence-corrected chi connectivity index (χ4v) is 0.546. The molecule has 4 heteroatoms. The molecule has 0 aliphatic carbocycles. The molecule has 0 aromatic carbocycles. The van der Waals surface area contributed by atoms with Gasteiger partial charge in [0, 0.05) is 20.6 Å². The van der Waals surface area contributed by atoms with Gasteiger partial charge in [0.25, 0.3) is 0 Å². The molecule has 11 heavy (non-hydrogen) atoms. The number of rotatable bonds is 7. The van der Waals surface area contributed by atoms with Crippen molar-refractivity contribution in [1.82, 2.24) is 0 Å². The lowest BCUT2D eigenvalue weighted by molar-refractivity contribution is -0.0914. The molecule has 0 rings (SSSR count). The van der Waals surface area contributed by atoms with Crippen LogP contribution in [0.25, 0.3) is 0 Å². The standard InChI is InChI=1S/C7H16O4/c1-9-5-6-11-4-3-7(8)10-2/h7-8H,3-6H2,1-2H3. The van der Waals surface area contributed by atoms with E-state index in [1.807, 2.05) is 0 Å². The van der Waals surface area contributed by atoms with Crippen molar-refractivity contribution in [3.63, 3.8) is 0 Å². The Labute approximate surface area is 67.1 Å². The molecule has 0 radical (unpaired) electrons. The summed E-state index contributed by atoms with van der Waals surface area (Å²) in [5.74, 6) is 0. The number of aliphatic hydroxyl groups excluding tert-OH is 1. The minimum absolute atomic E-state index is 0.498. The average molecular weight is 164 g/mol. The van der Waals surface area contributed by atoms with Crippen LogP contribution in [0.2, 0.25) is 0 Å². The third-order valence-electron chi connectivity index (χ3n) is 1.21. The molecule has 0 aliphatic heterocycles. The molecule has 0 aromatic heterocycles. The Morgan fingerprint density at radius 2 is 1.91 bits per heavy atom. The van der Waals surface area contributed by atoms with Crippen molar-refractivity contribution in [2.45, 2.75) is 12.7 Å². The molecule has 0 fully saturated rings. The first kappa shape index (κ1) is 10.8. The van der Waals surface area contributed by atoms with Crippen molar-refractivity contribution in [3.05, 3.63) is 0 Å². The van der Waals surface area contributed by atoms with E-state index in [1.54, 1.807) is 7.11 Å². The van der Waals surface area contributed by atoms with Crippen molar-refractivity contribution < 1.29 is 19.3 Å². The van der Waals surface area contributed by atoms with Crippen LogP contribution < -0.4 is 0 Å². The van der Waals surface area contributed by atoms with Crippen LogP contribution in [0.15, 0.2) is 0 Å². The van der Waals surface area contributed by atoms with Gasteiger partial charge in [0.2, 0.25) is 0 Å². The fourth-order valence-electron chi connectivity index (χ4n) is 0.546. The van der Waals surface area contributed by atoms with Gasteiger partial charge in [0.1, 0.15) is 0 Å². The zero-order valence-electron chi connectivity index (χ0n) is 7.08. The van der Waals surface area contributed by atoms with Gasteiger partial charge in [-0.05, 0) is 0 Å². The highest BCUT2D eigenvalue weighted by Crippen LogP contribution is 1.91. The van der Waals surface area contributed by atoms with Gasteiger partial charge in [-0.15, -0.1) is 0 Å². The second-order valence-corrected chi connectivity index (χ2v) is 2.08. The van der Waals surface area contributed by atoms with Crippen LogP contribution in [-0.4, -0.2) is 45.4 Å². The number of methoxy groups -OCH3 is 2. The quantitative estimate of drug-likeness (QED) is 0.425. The zero-order valence-corrected chi connectivity index (χ0v) is 7.08. The third kappa shape index (κ3) is 7.74. The van der Waals surface area contributed by atoms with E-state index in [4.69, 9.17) is 14.6 Å². The summed E-state index contributed by atoms with van der Waals surface area (Å²) in [6, 6.07) is 0. The third-order valence-corrected chi connectivity index (χ3v) is 1.21. The van der Waals surface area contributed by atoms with E-state index in [9.17, 15) is 0 Å².